The normalized spacial score (nSPS) is 10.6. The Morgan fingerprint density at radius 3 is 2.75 bits per heavy atom. The van der Waals surface area contributed by atoms with Gasteiger partial charge in [0.2, 0.25) is 5.95 Å². The minimum absolute atomic E-state index is 0.0448. The topological polar surface area (TPSA) is 94.0 Å². The first-order valence-corrected chi connectivity index (χ1v) is 7.22. The third kappa shape index (κ3) is 3.99. The van der Waals surface area contributed by atoms with Crippen LogP contribution in [0.1, 0.15) is 12.0 Å². The molecule has 0 aliphatic rings. The maximum absolute atomic E-state index is 10.6. The van der Waals surface area contributed by atoms with E-state index in [9.17, 15) is 4.79 Å². The van der Waals surface area contributed by atoms with Crippen LogP contribution in [0.15, 0.2) is 35.5 Å². The molecule has 0 aliphatic carbocycles. The molecule has 0 saturated heterocycles. The molecule has 0 fully saturated rings. The highest BCUT2D eigenvalue weighted by Crippen LogP contribution is 2.18. The molecule has 0 bridgehead atoms. The van der Waals surface area contributed by atoms with Crippen molar-refractivity contribution in [2.24, 2.45) is 0 Å². The number of thioether (sulfide) groups is 1. The van der Waals surface area contributed by atoms with Crippen molar-refractivity contribution in [2.75, 3.05) is 11.5 Å². The van der Waals surface area contributed by atoms with E-state index in [0.717, 1.165) is 24.6 Å². The number of hydrogen-bond acceptors (Lipinski definition) is 5. The van der Waals surface area contributed by atoms with Crippen LogP contribution >= 0.6 is 11.8 Å². The van der Waals surface area contributed by atoms with Crippen molar-refractivity contribution in [2.45, 2.75) is 24.5 Å². The molecule has 0 amide bonds. The molecule has 6 nitrogen and oxygen atoms in total. The zero-order valence-corrected chi connectivity index (χ0v) is 11.7. The monoisotopic (exact) mass is 292 g/mol. The third-order valence-corrected chi connectivity index (χ3v) is 3.71. The van der Waals surface area contributed by atoms with Crippen molar-refractivity contribution in [1.29, 1.82) is 0 Å². The Bertz CT molecular complexity index is 571. The molecule has 1 aromatic carbocycles. The number of anilines is 1. The van der Waals surface area contributed by atoms with Gasteiger partial charge in [0.25, 0.3) is 0 Å². The number of carbonyl (C=O) groups is 1. The Morgan fingerprint density at radius 1 is 1.30 bits per heavy atom. The standard InChI is InChI=1S/C13H16N4O2S/c14-12-15-16-13(20-9-11(18)19)17(12)8-4-7-10-5-2-1-3-6-10/h1-3,5-6H,4,7-9H2,(H2,14,15)(H,18,19). The lowest BCUT2D eigenvalue weighted by Gasteiger charge is -2.07. The molecule has 20 heavy (non-hydrogen) atoms. The minimum atomic E-state index is -0.882. The molecule has 2 aromatic rings. The Labute approximate surface area is 121 Å². The van der Waals surface area contributed by atoms with Gasteiger partial charge >= 0.3 is 5.97 Å². The van der Waals surface area contributed by atoms with E-state index in [1.807, 2.05) is 18.2 Å². The Morgan fingerprint density at radius 2 is 2.05 bits per heavy atom. The summed E-state index contributed by atoms with van der Waals surface area (Å²) in [6, 6.07) is 10.2. The number of nitrogens with zero attached hydrogens (tertiary/aromatic N) is 3. The lowest BCUT2D eigenvalue weighted by molar-refractivity contribution is -0.133. The summed E-state index contributed by atoms with van der Waals surface area (Å²) < 4.78 is 1.76. The van der Waals surface area contributed by atoms with Gasteiger partial charge in [-0.1, -0.05) is 42.1 Å². The van der Waals surface area contributed by atoms with Gasteiger partial charge < -0.3 is 10.8 Å². The van der Waals surface area contributed by atoms with Crippen LogP contribution in [-0.4, -0.2) is 31.6 Å². The number of aliphatic carboxylic acids is 1. The smallest absolute Gasteiger partial charge is 0.313 e. The van der Waals surface area contributed by atoms with Crippen molar-refractivity contribution < 1.29 is 9.90 Å². The number of hydrogen-bond donors (Lipinski definition) is 2. The molecular formula is C13H16N4O2S. The summed E-state index contributed by atoms with van der Waals surface area (Å²) in [5.74, 6) is -0.602. The van der Waals surface area contributed by atoms with E-state index in [2.05, 4.69) is 22.3 Å². The van der Waals surface area contributed by atoms with E-state index in [4.69, 9.17) is 10.8 Å². The second-order valence-corrected chi connectivity index (χ2v) is 5.21. The van der Waals surface area contributed by atoms with E-state index in [0.29, 0.717) is 17.6 Å². The number of carboxylic acid groups (broad SMARTS) is 1. The number of nitrogens with two attached hydrogens (primary N) is 1. The number of carboxylic acids is 1. The SMILES string of the molecule is Nc1nnc(SCC(=O)O)n1CCCc1ccccc1. The molecule has 0 spiro atoms. The predicted molar refractivity (Wildman–Crippen MR) is 77.6 cm³/mol. The molecule has 0 radical (unpaired) electrons. The number of aromatic nitrogens is 3. The van der Waals surface area contributed by atoms with Crippen molar-refractivity contribution in [3.63, 3.8) is 0 Å². The van der Waals surface area contributed by atoms with Gasteiger partial charge in [-0.15, -0.1) is 10.2 Å². The van der Waals surface area contributed by atoms with Gasteiger partial charge in [0.15, 0.2) is 5.16 Å². The summed E-state index contributed by atoms with van der Waals surface area (Å²) in [5, 5.41) is 16.9. The van der Waals surface area contributed by atoms with Crippen LogP contribution in [0.5, 0.6) is 0 Å². The van der Waals surface area contributed by atoms with Gasteiger partial charge in [0, 0.05) is 6.54 Å². The third-order valence-electron chi connectivity index (χ3n) is 2.76. The lowest BCUT2D eigenvalue weighted by atomic mass is 10.1. The molecule has 0 unspecified atom stereocenters. The maximum Gasteiger partial charge on any atom is 0.313 e. The van der Waals surface area contributed by atoms with Gasteiger partial charge in [-0.25, -0.2) is 0 Å². The van der Waals surface area contributed by atoms with Crippen LogP contribution in [0.3, 0.4) is 0 Å². The van der Waals surface area contributed by atoms with Crippen molar-refractivity contribution in [1.82, 2.24) is 14.8 Å². The summed E-state index contributed by atoms with van der Waals surface area (Å²) in [6.45, 7) is 0.676. The molecule has 1 heterocycles. The molecule has 0 saturated carbocycles. The average molecular weight is 292 g/mol. The first-order valence-electron chi connectivity index (χ1n) is 6.24. The molecule has 0 atom stereocenters. The van der Waals surface area contributed by atoms with E-state index in [-0.39, 0.29) is 5.75 Å². The van der Waals surface area contributed by atoms with Gasteiger partial charge in [-0.05, 0) is 18.4 Å². The van der Waals surface area contributed by atoms with Crippen molar-refractivity contribution in [3.05, 3.63) is 35.9 Å². The van der Waals surface area contributed by atoms with Crippen LogP contribution in [0, 0.1) is 0 Å². The first-order chi connectivity index (χ1) is 9.66. The maximum atomic E-state index is 10.6. The fraction of sp³-hybridized carbons (Fsp3) is 0.308. The summed E-state index contributed by atoms with van der Waals surface area (Å²) in [5.41, 5.74) is 7.02. The number of aryl methyl sites for hydroxylation is 1. The van der Waals surface area contributed by atoms with Crippen LogP contribution < -0.4 is 5.73 Å². The molecule has 106 valence electrons. The first kappa shape index (κ1) is 14.4. The van der Waals surface area contributed by atoms with Gasteiger partial charge in [-0.3, -0.25) is 9.36 Å². The van der Waals surface area contributed by atoms with Gasteiger partial charge in [-0.2, -0.15) is 0 Å². The van der Waals surface area contributed by atoms with Crippen LogP contribution in [0.4, 0.5) is 5.95 Å². The minimum Gasteiger partial charge on any atom is -0.481 e. The summed E-state index contributed by atoms with van der Waals surface area (Å²) >= 11 is 1.13. The number of rotatable bonds is 7. The molecule has 3 N–H and O–H groups in total. The lowest BCUT2D eigenvalue weighted by Crippen LogP contribution is -2.07. The fourth-order valence-electron chi connectivity index (χ4n) is 1.83. The van der Waals surface area contributed by atoms with E-state index >= 15 is 0 Å². The Balaban J connectivity index is 1.91. The van der Waals surface area contributed by atoms with E-state index < -0.39 is 5.97 Å². The Hall–Kier alpha value is -2.02. The largest absolute Gasteiger partial charge is 0.481 e. The van der Waals surface area contributed by atoms with Crippen LogP contribution in [0.2, 0.25) is 0 Å². The molecule has 0 aliphatic heterocycles. The van der Waals surface area contributed by atoms with E-state index in [1.54, 1.807) is 4.57 Å². The Kier molecular flexibility index (Phi) is 5.00. The summed E-state index contributed by atoms with van der Waals surface area (Å²) in [4.78, 5) is 10.6. The van der Waals surface area contributed by atoms with Gasteiger partial charge in [0.1, 0.15) is 0 Å². The van der Waals surface area contributed by atoms with Gasteiger partial charge in [0.05, 0.1) is 5.75 Å². The van der Waals surface area contributed by atoms with E-state index in [1.165, 1.54) is 5.56 Å². The zero-order valence-electron chi connectivity index (χ0n) is 10.9. The fourth-order valence-corrected chi connectivity index (χ4v) is 2.52. The second-order valence-electron chi connectivity index (χ2n) is 4.26. The molecule has 7 heteroatoms. The highest BCUT2D eigenvalue weighted by Gasteiger charge is 2.11. The highest BCUT2D eigenvalue weighted by molar-refractivity contribution is 7.99. The molecular weight excluding hydrogens is 276 g/mol. The molecule has 1 aromatic heterocycles. The predicted octanol–water partition coefficient (Wildman–Crippen LogP) is 1.67. The van der Waals surface area contributed by atoms with Crippen LogP contribution in [0.25, 0.3) is 0 Å². The average Bonchev–Trinajstić information content (AvgIpc) is 2.79. The van der Waals surface area contributed by atoms with Crippen molar-refractivity contribution in [3.8, 4) is 0 Å². The van der Waals surface area contributed by atoms with Crippen molar-refractivity contribution >= 4 is 23.7 Å². The van der Waals surface area contributed by atoms with Crippen LogP contribution in [-0.2, 0) is 17.8 Å². The second kappa shape index (κ2) is 6.95. The number of nitrogen functional groups attached to an aromatic ring is 1. The quantitative estimate of drug-likeness (QED) is 0.754. The highest BCUT2D eigenvalue weighted by atomic mass is 32.2. The zero-order chi connectivity index (χ0) is 14.4. The molecule has 2 rings (SSSR count). The summed E-state index contributed by atoms with van der Waals surface area (Å²) in [6.07, 6.45) is 1.83. The number of benzene rings is 1. The summed E-state index contributed by atoms with van der Waals surface area (Å²) in [7, 11) is 0.